The Labute approximate surface area is 152 Å². The van der Waals surface area contributed by atoms with Gasteiger partial charge in [0, 0.05) is 6.61 Å². The zero-order valence-corrected chi connectivity index (χ0v) is 15.6. The minimum atomic E-state index is 0.328. The van der Waals surface area contributed by atoms with Gasteiger partial charge in [0.25, 0.3) is 0 Å². The van der Waals surface area contributed by atoms with E-state index in [0.717, 1.165) is 25.7 Å². The molecule has 0 aromatic heterocycles. The van der Waals surface area contributed by atoms with E-state index in [0.29, 0.717) is 6.61 Å². The van der Waals surface area contributed by atoms with E-state index in [4.69, 9.17) is 5.11 Å². The van der Waals surface area contributed by atoms with Crippen LogP contribution in [0, 0.1) is 0 Å². The van der Waals surface area contributed by atoms with Gasteiger partial charge in [-0.3, -0.25) is 0 Å². The molecule has 0 aliphatic heterocycles. The number of aliphatic hydroxyl groups excluding tert-OH is 1. The van der Waals surface area contributed by atoms with E-state index in [9.17, 15) is 0 Å². The predicted octanol–water partition coefficient (Wildman–Crippen LogP) is 6.54. The molecule has 0 bridgehead atoms. The van der Waals surface area contributed by atoms with Crippen LogP contribution in [0.5, 0.6) is 0 Å². The second-order valence-corrected chi connectivity index (χ2v) is 6.76. The third-order valence-electron chi connectivity index (χ3n) is 5.29. The fourth-order valence-electron chi connectivity index (χ4n) is 4.11. The van der Waals surface area contributed by atoms with E-state index in [1.165, 1.54) is 57.9 Å². The Morgan fingerprint density at radius 3 is 2.56 bits per heavy atom. The first-order chi connectivity index (χ1) is 12.4. The van der Waals surface area contributed by atoms with Gasteiger partial charge in [0.1, 0.15) is 0 Å². The number of hydrogen-bond donors (Lipinski definition) is 1. The summed E-state index contributed by atoms with van der Waals surface area (Å²) in [6.07, 6.45) is 12.7. The highest BCUT2D eigenvalue weighted by Crippen LogP contribution is 2.43. The summed E-state index contributed by atoms with van der Waals surface area (Å²) >= 11 is 0. The SMILES string of the molecule is CC.OCCCCCCC1=CCC2=CCc3cccc4ccc1c2c34. The van der Waals surface area contributed by atoms with E-state index < -0.39 is 0 Å². The van der Waals surface area contributed by atoms with Gasteiger partial charge in [-0.05, 0) is 70.7 Å². The van der Waals surface area contributed by atoms with Crippen molar-refractivity contribution in [1.29, 1.82) is 0 Å². The minimum absolute atomic E-state index is 0.328. The summed E-state index contributed by atoms with van der Waals surface area (Å²) < 4.78 is 0. The van der Waals surface area contributed by atoms with Crippen molar-refractivity contribution in [3.63, 3.8) is 0 Å². The molecular formula is C24H30O. The number of unbranched alkanes of at least 4 members (excludes halogenated alkanes) is 3. The molecule has 1 heteroatoms. The van der Waals surface area contributed by atoms with Crippen LogP contribution in [0.4, 0.5) is 0 Å². The van der Waals surface area contributed by atoms with Crippen molar-refractivity contribution in [2.75, 3.05) is 6.61 Å². The van der Waals surface area contributed by atoms with Gasteiger partial charge in [-0.1, -0.05) is 69.2 Å². The summed E-state index contributed by atoms with van der Waals surface area (Å²) in [4.78, 5) is 0. The summed E-state index contributed by atoms with van der Waals surface area (Å²) in [6, 6.07) is 11.3. The normalized spacial score (nSPS) is 14.5. The van der Waals surface area contributed by atoms with Gasteiger partial charge >= 0.3 is 0 Å². The largest absolute Gasteiger partial charge is 0.396 e. The van der Waals surface area contributed by atoms with Crippen molar-refractivity contribution in [2.45, 2.75) is 58.8 Å². The Morgan fingerprint density at radius 1 is 0.880 bits per heavy atom. The molecule has 2 aromatic rings. The maximum atomic E-state index is 8.89. The van der Waals surface area contributed by atoms with Crippen molar-refractivity contribution < 1.29 is 5.11 Å². The molecule has 0 unspecified atom stereocenters. The van der Waals surface area contributed by atoms with Crippen LogP contribution in [-0.2, 0) is 6.42 Å². The highest BCUT2D eigenvalue weighted by atomic mass is 16.2. The molecule has 2 aliphatic rings. The van der Waals surface area contributed by atoms with Crippen molar-refractivity contribution in [3.8, 4) is 0 Å². The average Bonchev–Trinajstić information content (AvgIpc) is 2.68. The monoisotopic (exact) mass is 334 g/mol. The van der Waals surface area contributed by atoms with Crippen LogP contribution in [0.2, 0.25) is 0 Å². The second-order valence-electron chi connectivity index (χ2n) is 6.76. The molecule has 0 saturated carbocycles. The lowest BCUT2D eigenvalue weighted by Crippen LogP contribution is -2.06. The van der Waals surface area contributed by atoms with Crippen LogP contribution < -0.4 is 0 Å². The van der Waals surface area contributed by atoms with Crippen LogP contribution in [0.3, 0.4) is 0 Å². The summed E-state index contributed by atoms with van der Waals surface area (Å²) in [7, 11) is 0. The van der Waals surface area contributed by atoms with Crippen LogP contribution in [0.25, 0.3) is 21.9 Å². The second kappa shape index (κ2) is 8.49. The van der Waals surface area contributed by atoms with Gasteiger partial charge in [0.15, 0.2) is 0 Å². The van der Waals surface area contributed by atoms with Crippen LogP contribution in [0.15, 0.2) is 42.5 Å². The average molecular weight is 335 g/mol. The Kier molecular flexibility index (Phi) is 6.09. The maximum absolute atomic E-state index is 8.89. The summed E-state index contributed by atoms with van der Waals surface area (Å²) in [5.74, 6) is 0. The molecule has 0 fully saturated rings. The molecule has 4 rings (SSSR count). The predicted molar refractivity (Wildman–Crippen MR) is 110 cm³/mol. The lowest BCUT2D eigenvalue weighted by molar-refractivity contribution is 0.282. The maximum Gasteiger partial charge on any atom is 0.0431 e. The summed E-state index contributed by atoms with van der Waals surface area (Å²) in [5.41, 5.74) is 7.50. The quantitative estimate of drug-likeness (QED) is 0.595. The van der Waals surface area contributed by atoms with Gasteiger partial charge < -0.3 is 5.11 Å². The smallest absolute Gasteiger partial charge is 0.0431 e. The molecule has 0 heterocycles. The minimum Gasteiger partial charge on any atom is -0.396 e. The lowest BCUT2D eigenvalue weighted by Gasteiger charge is -2.26. The molecule has 0 spiro atoms. The van der Waals surface area contributed by atoms with E-state index >= 15 is 0 Å². The van der Waals surface area contributed by atoms with Gasteiger partial charge in [-0.25, -0.2) is 0 Å². The fourth-order valence-corrected chi connectivity index (χ4v) is 4.11. The molecule has 2 aromatic carbocycles. The topological polar surface area (TPSA) is 20.2 Å². The van der Waals surface area contributed by atoms with E-state index in [1.807, 2.05) is 13.8 Å². The highest BCUT2D eigenvalue weighted by molar-refractivity contribution is 6.04. The Hall–Kier alpha value is -1.86. The molecular weight excluding hydrogens is 304 g/mol. The Morgan fingerprint density at radius 2 is 1.72 bits per heavy atom. The molecule has 0 saturated heterocycles. The molecule has 25 heavy (non-hydrogen) atoms. The molecule has 0 radical (unpaired) electrons. The van der Waals surface area contributed by atoms with Gasteiger partial charge in [0.05, 0.1) is 0 Å². The molecule has 0 amide bonds. The fraction of sp³-hybridized carbons (Fsp3) is 0.417. The van der Waals surface area contributed by atoms with Crippen LogP contribution in [0.1, 0.15) is 69.1 Å². The Bertz CT molecular complexity index is 795. The molecule has 132 valence electrons. The zero-order chi connectivity index (χ0) is 17.6. The van der Waals surface area contributed by atoms with E-state index in [2.05, 4.69) is 42.5 Å². The Balaban J connectivity index is 0.000000880. The number of rotatable bonds is 6. The van der Waals surface area contributed by atoms with Crippen molar-refractivity contribution >= 4 is 21.9 Å². The molecule has 1 N–H and O–H groups in total. The molecule has 1 nitrogen and oxygen atoms in total. The van der Waals surface area contributed by atoms with Gasteiger partial charge in [-0.2, -0.15) is 0 Å². The highest BCUT2D eigenvalue weighted by Gasteiger charge is 2.22. The summed E-state index contributed by atoms with van der Waals surface area (Å²) in [5, 5.41) is 11.8. The van der Waals surface area contributed by atoms with Crippen molar-refractivity contribution in [3.05, 3.63) is 59.2 Å². The first-order valence-corrected chi connectivity index (χ1v) is 9.93. The third-order valence-corrected chi connectivity index (χ3v) is 5.29. The summed E-state index contributed by atoms with van der Waals surface area (Å²) in [6.45, 7) is 4.33. The number of aliphatic hydroxyl groups is 1. The van der Waals surface area contributed by atoms with E-state index in [-0.39, 0.29) is 0 Å². The number of hydrogen-bond acceptors (Lipinski definition) is 1. The van der Waals surface area contributed by atoms with Crippen LogP contribution >= 0.6 is 0 Å². The number of benzene rings is 2. The standard InChI is InChI=1S/C22H24O.C2H6/c23-15-4-2-1-3-6-16-9-10-19-12-11-17-7-5-8-18-13-14-20(16)22(19)21(17)18;1-2/h5,7-9,12-14,23H,1-4,6,10-11,15H2;1-2H3. The molecule has 0 atom stereocenters. The number of allylic oxidation sites excluding steroid dienone is 4. The van der Waals surface area contributed by atoms with Crippen LogP contribution in [-0.4, -0.2) is 11.7 Å². The first-order valence-electron chi connectivity index (χ1n) is 9.93. The zero-order valence-electron chi connectivity index (χ0n) is 15.6. The first kappa shape index (κ1) is 17.9. The van der Waals surface area contributed by atoms with Gasteiger partial charge in [0.2, 0.25) is 0 Å². The molecule has 2 aliphatic carbocycles. The third kappa shape index (κ3) is 3.57. The van der Waals surface area contributed by atoms with Crippen molar-refractivity contribution in [2.24, 2.45) is 0 Å². The van der Waals surface area contributed by atoms with E-state index in [1.54, 1.807) is 0 Å². The van der Waals surface area contributed by atoms with Gasteiger partial charge in [-0.15, -0.1) is 0 Å². The van der Waals surface area contributed by atoms with Crippen molar-refractivity contribution in [1.82, 2.24) is 0 Å². The lowest BCUT2D eigenvalue weighted by atomic mass is 9.78.